The van der Waals surface area contributed by atoms with Gasteiger partial charge in [0.05, 0.1) is 0 Å². The smallest absolute Gasteiger partial charge is 0.327 e. The Labute approximate surface area is 102 Å². The molecule has 0 fully saturated rings. The number of nitrogens with one attached hydrogen (secondary N) is 3. The second-order valence-electron chi connectivity index (χ2n) is 3.76. The SMILES string of the molecule is CC(=O)c1cccc(Nc2cc(=O)[nH]c(=O)[nH]2)c1. The van der Waals surface area contributed by atoms with E-state index in [9.17, 15) is 14.4 Å². The van der Waals surface area contributed by atoms with Crippen LogP contribution in [0.15, 0.2) is 39.9 Å². The summed E-state index contributed by atoms with van der Waals surface area (Å²) in [5.74, 6) is 0.211. The number of hydrogen-bond donors (Lipinski definition) is 3. The molecule has 0 unspecified atom stereocenters. The molecule has 2 aromatic rings. The molecule has 1 aromatic carbocycles. The molecule has 0 bridgehead atoms. The van der Waals surface area contributed by atoms with E-state index in [1.165, 1.54) is 13.0 Å². The minimum atomic E-state index is -0.590. The normalized spacial score (nSPS) is 10.1. The van der Waals surface area contributed by atoms with Crippen LogP contribution in [0.3, 0.4) is 0 Å². The van der Waals surface area contributed by atoms with Crippen molar-refractivity contribution in [2.24, 2.45) is 0 Å². The number of H-pyrrole nitrogens is 2. The van der Waals surface area contributed by atoms with Crippen LogP contribution in [0, 0.1) is 0 Å². The van der Waals surface area contributed by atoms with Gasteiger partial charge in [-0.3, -0.25) is 19.6 Å². The fourth-order valence-corrected chi connectivity index (χ4v) is 1.51. The van der Waals surface area contributed by atoms with Gasteiger partial charge >= 0.3 is 5.69 Å². The molecule has 0 aliphatic rings. The Hall–Kier alpha value is -2.63. The number of rotatable bonds is 3. The molecule has 2 rings (SSSR count). The first-order valence-corrected chi connectivity index (χ1v) is 5.26. The summed E-state index contributed by atoms with van der Waals surface area (Å²) in [6.07, 6.45) is 0. The van der Waals surface area contributed by atoms with Crippen molar-refractivity contribution < 1.29 is 4.79 Å². The number of anilines is 2. The van der Waals surface area contributed by atoms with Gasteiger partial charge in [-0.25, -0.2) is 4.79 Å². The van der Waals surface area contributed by atoms with Gasteiger partial charge in [0, 0.05) is 17.3 Å². The van der Waals surface area contributed by atoms with Gasteiger partial charge in [0.15, 0.2) is 5.78 Å². The molecule has 0 saturated carbocycles. The first-order chi connectivity index (χ1) is 8.54. The number of ketones is 1. The molecule has 0 aliphatic heterocycles. The Morgan fingerprint density at radius 1 is 1.17 bits per heavy atom. The monoisotopic (exact) mass is 245 g/mol. The molecule has 0 atom stereocenters. The van der Waals surface area contributed by atoms with Crippen molar-refractivity contribution in [3.8, 4) is 0 Å². The highest BCUT2D eigenvalue weighted by Crippen LogP contribution is 2.14. The quantitative estimate of drug-likeness (QED) is 0.703. The van der Waals surface area contributed by atoms with Crippen LogP contribution in [0.2, 0.25) is 0 Å². The van der Waals surface area contributed by atoms with E-state index >= 15 is 0 Å². The van der Waals surface area contributed by atoms with E-state index in [-0.39, 0.29) is 11.6 Å². The van der Waals surface area contributed by atoms with Crippen molar-refractivity contribution in [2.75, 3.05) is 5.32 Å². The second kappa shape index (κ2) is 4.70. The summed E-state index contributed by atoms with van der Waals surface area (Å²) in [5, 5.41) is 2.85. The van der Waals surface area contributed by atoms with Crippen molar-refractivity contribution in [1.82, 2.24) is 9.97 Å². The third kappa shape index (κ3) is 2.73. The molecule has 1 aromatic heterocycles. The van der Waals surface area contributed by atoms with Crippen molar-refractivity contribution in [3.63, 3.8) is 0 Å². The Balaban J connectivity index is 2.34. The highest BCUT2D eigenvalue weighted by atomic mass is 16.2. The largest absolute Gasteiger partial charge is 0.342 e. The van der Waals surface area contributed by atoms with Crippen molar-refractivity contribution in [2.45, 2.75) is 6.92 Å². The van der Waals surface area contributed by atoms with E-state index in [1.807, 2.05) is 0 Å². The standard InChI is InChI=1S/C12H11N3O3/c1-7(16)8-3-2-4-9(5-8)13-10-6-11(17)15-12(18)14-10/h2-6H,1H3,(H3,13,14,15,17,18). The first kappa shape index (κ1) is 11.8. The topological polar surface area (TPSA) is 94.8 Å². The lowest BCUT2D eigenvalue weighted by Crippen LogP contribution is -2.22. The number of hydrogen-bond acceptors (Lipinski definition) is 4. The molecule has 6 nitrogen and oxygen atoms in total. The molecule has 92 valence electrons. The van der Waals surface area contributed by atoms with Crippen LogP contribution in [-0.4, -0.2) is 15.8 Å². The number of carbonyl (C=O) groups is 1. The van der Waals surface area contributed by atoms with Crippen molar-refractivity contribution >= 4 is 17.3 Å². The predicted molar refractivity (Wildman–Crippen MR) is 67.4 cm³/mol. The van der Waals surface area contributed by atoms with Gasteiger partial charge in [0.2, 0.25) is 0 Å². The van der Waals surface area contributed by atoms with Crippen LogP contribution in [-0.2, 0) is 0 Å². The minimum absolute atomic E-state index is 0.0574. The maximum absolute atomic E-state index is 11.2. The number of aromatic amines is 2. The number of aromatic nitrogens is 2. The van der Waals surface area contributed by atoms with E-state index < -0.39 is 11.2 Å². The average Bonchev–Trinajstić information content (AvgIpc) is 2.27. The van der Waals surface area contributed by atoms with Gasteiger partial charge in [-0.15, -0.1) is 0 Å². The van der Waals surface area contributed by atoms with Crippen LogP contribution >= 0.6 is 0 Å². The zero-order chi connectivity index (χ0) is 13.1. The van der Waals surface area contributed by atoms with Crippen LogP contribution in [0.1, 0.15) is 17.3 Å². The molecular formula is C12H11N3O3. The van der Waals surface area contributed by atoms with Gasteiger partial charge in [-0.1, -0.05) is 12.1 Å². The molecule has 1 heterocycles. The molecule has 3 N–H and O–H groups in total. The minimum Gasteiger partial charge on any atom is -0.342 e. The maximum Gasteiger partial charge on any atom is 0.327 e. The lowest BCUT2D eigenvalue weighted by atomic mass is 10.1. The average molecular weight is 245 g/mol. The molecule has 0 aliphatic carbocycles. The Kier molecular flexibility index (Phi) is 3.09. The van der Waals surface area contributed by atoms with E-state index in [0.717, 1.165) is 0 Å². The van der Waals surface area contributed by atoms with E-state index in [4.69, 9.17) is 0 Å². The van der Waals surface area contributed by atoms with Crippen LogP contribution in [0.25, 0.3) is 0 Å². The van der Waals surface area contributed by atoms with Gasteiger partial charge in [0.1, 0.15) is 5.82 Å². The molecule has 6 heteroatoms. The summed E-state index contributed by atoms with van der Waals surface area (Å²) in [7, 11) is 0. The van der Waals surface area contributed by atoms with Crippen LogP contribution in [0.4, 0.5) is 11.5 Å². The summed E-state index contributed by atoms with van der Waals surface area (Å²) in [4.78, 5) is 37.9. The van der Waals surface area contributed by atoms with Gasteiger partial charge in [-0.05, 0) is 19.1 Å². The molecule has 18 heavy (non-hydrogen) atoms. The number of Topliss-reactive ketones (excluding diaryl/α,β-unsaturated/α-hetero) is 1. The van der Waals surface area contributed by atoms with Gasteiger partial charge in [0.25, 0.3) is 5.56 Å². The number of benzene rings is 1. The fourth-order valence-electron chi connectivity index (χ4n) is 1.51. The van der Waals surface area contributed by atoms with Crippen molar-refractivity contribution in [3.05, 3.63) is 56.7 Å². The van der Waals surface area contributed by atoms with Crippen molar-refractivity contribution in [1.29, 1.82) is 0 Å². The second-order valence-corrected chi connectivity index (χ2v) is 3.76. The highest BCUT2D eigenvalue weighted by molar-refractivity contribution is 5.95. The number of carbonyl (C=O) groups excluding carboxylic acids is 1. The Morgan fingerprint density at radius 3 is 2.61 bits per heavy atom. The summed E-state index contributed by atoms with van der Waals surface area (Å²) >= 11 is 0. The Bertz CT molecular complexity index is 672. The molecule has 0 spiro atoms. The first-order valence-electron chi connectivity index (χ1n) is 5.26. The van der Waals surface area contributed by atoms with Crippen LogP contribution in [0.5, 0.6) is 0 Å². The fraction of sp³-hybridized carbons (Fsp3) is 0.0833. The highest BCUT2D eigenvalue weighted by Gasteiger charge is 2.02. The molecule has 0 radical (unpaired) electrons. The predicted octanol–water partition coefficient (Wildman–Crippen LogP) is 1.01. The zero-order valence-electron chi connectivity index (χ0n) is 9.61. The third-order valence-electron chi connectivity index (χ3n) is 2.31. The van der Waals surface area contributed by atoms with E-state index in [1.54, 1.807) is 24.3 Å². The summed E-state index contributed by atoms with van der Waals surface area (Å²) in [6, 6.07) is 7.99. The third-order valence-corrected chi connectivity index (χ3v) is 2.31. The zero-order valence-corrected chi connectivity index (χ0v) is 9.61. The molecular weight excluding hydrogens is 234 g/mol. The summed E-state index contributed by atoms with van der Waals surface area (Å²) in [6.45, 7) is 1.47. The Morgan fingerprint density at radius 2 is 1.94 bits per heavy atom. The van der Waals surface area contributed by atoms with Gasteiger partial charge in [-0.2, -0.15) is 0 Å². The molecule has 0 saturated heterocycles. The molecule has 0 amide bonds. The lowest BCUT2D eigenvalue weighted by Gasteiger charge is -2.06. The maximum atomic E-state index is 11.2. The van der Waals surface area contributed by atoms with E-state index in [2.05, 4.69) is 15.3 Å². The van der Waals surface area contributed by atoms with E-state index in [0.29, 0.717) is 11.3 Å². The van der Waals surface area contributed by atoms with Crippen LogP contribution < -0.4 is 16.6 Å². The summed E-state index contributed by atoms with van der Waals surface area (Å²) < 4.78 is 0. The summed E-state index contributed by atoms with van der Waals surface area (Å²) in [5.41, 5.74) is 0.0767. The van der Waals surface area contributed by atoms with Gasteiger partial charge < -0.3 is 5.32 Å². The lowest BCUT2D eigenvalue weighted by molar-refractivity contribution is 0.101.